The van der Waals surface area contributed by atoms with Gasteiger partial charge < -0.3 is 5.11 Å². The SMILES string of the molecule is CC(C)CCC[C@@H](C)CCC[C@@H](C)CC(=O)O. The number of rotatable bonds is 10. The largest absolute Gasteiger partial charge is 0.481 e. The molecule has 0 spiro atoms. The van der Waals surface area contributed by atoms with Crippen molar-refractivity contribution >= 4 is 5.97 Å². The van der Waals surface area contributed by atoms with E-state index in [2.05, 4.69) is 20.8 Å². The van der Waals surface area contributed by atoms with E-state index >= 15 is 0 Å². The minimum atomic E-state index is -0.664. The van der Waals surface area contributed by atoms with Crippen LogP contribution in [0.25, 0.3) is 0 Å². The minimum absolute atomic E-state index is 0.321. The van der Waals surface area contributed by atoms with Gasteiger partial charge in [-0.25, -0.2) is 0 Å². The molecule has 0 heterocycles. The first-order chi connectivity index (χ1) is 7.91. The van der Waals surface area contributed by atoms with Gasteiger partial charge in [0, 0.05) is 6.42 Å². The third-order valence-corrected chi connectivity index (χ3v) is 3.40. The number of aliphatic carboxylic acids is 1. The van der Waals surface area contributed by atoms with Crippen molar-refractivity contribution in [3.8, 4) is 0 Å². The number of hydrogen-bond donors (Lipinski definition) is 1. The van der Waals surface area contributed by atoms with Crippen LogP contribution in [0.15, 0.2) is 0 Å². The maximum absolute atomic E-state index is 10.5. The van der Waals surface area contributed by atoms with E-state index in [9.17, 15) is 4.79 Å². The zero-order valence-electron chi connectivity index (χ0n) is 12.0. The van der Waals surface area contributed by atoms with Gasteiger partial charge in [-0.1, -0.05) is 66.2 Å². The highest BCUT2D eigenvalue weighted by Gasteiger charge is 2.09. The Morgan fingerprint density at radius 1 is 0.882 bits per heavy atom. The van der Waals surface area contributed by atoms with E-state index in [0.29, 0.717) is 12.3 Å². The van der Waals surface area contributed by atoms with Crippen LogP contribution in [0.2, 0.25) is 0 Å². The first-order valence-corrected chi connectivity index (χ1v) is 7.13. The third-order valence-electron chi connectivity index (χ3n) is 3.40. The van der Waals surface area contributed by atoms with Gasteiger partial charge in [0.1, 0.15) is 0 Å². The fraction of sp³-hybridized carbons (Fsp3) is 0.933. The summed E-state index contributed by atoms with van der Waals surface area (Å²) in [6, 6.07) is 0. The number of hydrogen-bond acceptors (Lipinski definition) is 1. The highest BCUT2D eigenvalue weighted by molar-refractivity contribution is 5.66. The second kappa shape index (κ2) is 9.49. The smallest absolute Gasteiger partial charge is 0.303 e. The normalized spacial score (nSPS) is 14.9. The molecule has 0 aromatic carbocycles. The second-order valence-electron chi connectivity index (χ2n) is 6.06. The lowest BCUT2D eigenvalue weighted by atomic mass is 9.93. The Kier molecular flexibility index (Phi) is 9.20. The molecule has 2 heteroatoms. The van der Waals surface area contributed by atoms with E-state index in [4.69, 9.17) is 5.11 Å². The molecule has 0 saturated heterocycles. The van der Waals surface area contributed by atoms with Crippen LogP contribution < -0.4 is 0 Å². The Labute approximate surface area is 107 Å². The van der Waals surface area contributed by atoms with E-state index in [1.807, 2.05) is 6.92 Å². The lowest BCUT2D eigenvalue weighted by Crippen LogP contribution is -2.05. The molecule has 0 radical (unpaired) electrons. The van der Waals surface area contributed by atoms with E-state index in [0.717, 1.165) is 18.3 Å². The van der Waals surface area contributed by atoms with Gasteiger partial charge in [-0.3, -0.25) is 4.79 Å². The molecule has 0 aromatic heterocycles. The molecule has 0 aromatic rings. The van der Waals surface area contributed by atoms with Crippen molar-refractivity contribution in [2.24, 2.45) is 17.8 Å². The molecule has 102 valence electrons. The molecule has 0 fully saturated rings. The molecule has 0 amide bonds. The minimum Gasteiger partial charge on any atom is -0.481 e. The standard InChI is InChI=1S/C15H30O2/c1-12(2)7-5-8-13(3)9-6-10-14(4)11-15(16)17/h12-14H,5-11H2,1-4H3,(H,16,17)/t13-,14-/m1/s1. The Hall–Kier alpha value is -0.530. The lowest BCUT2D eigenvalue weighted by molar-refractivity contribution is -0.138. The van der Waals surface area contributed by atoms with Gasteiger partial charge in [-0.05, 0) is 17.8 Å². The molecule has 17 heavy (non-hydrogen) atoms. The van der Waals surface area contributed by atoms with Crippen LogP contribution in [0.4, 0.5) is 0 Å². The van der Waals surface area contributed by atoms with Crippen LogP contribution in [-0.4, -0.2) is 11.1 Å². The predicted molar refractivity (Wildman–Crippen MR) is 73.1 cm³/mol. The Morgan fingerprint density at radius 2 is 1.35 bits per heavy atom. The fourth-order valence-corrected chi connectivity index (χ4v) is 2.23. The number of carbonyl (C=O) groups is 1. The molecular formula is C15H30O2. The summed E-state index contributed by atoms with van der Waals surface area (Å²) >= 11 is 0. The van der Waals surface area contributed by atoms with Gasteiger partial charge in [-0.2, -0.15) is 0 Å². The highest BCUT2D eigenvalue weighted by Crippen LogP contribution is 2.20. The molecule has 2 atom stereocenters. The molecule has 2 nitrogen and oxygen atoms in total. The lowest BCUT2D eigenvalue weighted by Gasteiger charge is -2.13. The number of carboxylic acids is 1. The van der Waals surface area contributed by atoms with Crippen molar-refractivity contribution in [1.29, 1.82) is 0 Å². The summed E-state index contributed by atoms with van der Waals surface area (Å²) in [5, 5.41) is 8.66. The van der Waals surface area contributed by atoms with E-state index < -0.39 is 5.97 Å². The summed E-state index contributed by atoms with van der Waals surface area (Å²) in [6.07, 6.45) is 7.80. The van der Waals surface area contributed by atoms with E-state index in [1.165, 1.54) is 32.1 Å². The summed E-state index contributed by atoms with van der Waals surface area (Å²) in [5.41, 5.74) is 0. The van der Waals surface area contributed by atoms with Crippen LogP contribution in [0, 0.1) is 17.8 Å². The molecule has 0 aliphatic rings. The van der Waals surface area contributed by atoms with Crippen LogP contribution in [0.1, 0.15) is 72.6 Å². The third kappa shape index (κ3) is 11.7. The van der Waals surface area contributed by atoms with Crippen LogP contribution in [-0.2, 0) is 4.79 Å². The second-order valence-corrected chi connectivity index (χ2v) is 6.06. The van der Waals surface area contributed by atoms with Gasteiger partial charge in [0.25, 0.3) is 0 Å². The summed E-state index contributed by atoms with van der Waals surface area (Å²) in [7, 11) is 0. The van der Waals surface area contributed by atoms with Crippen molar-refractivity contribution in [2.75, 3.05) is 0 Å². The molecule has 0 aliphatic carbocycles. The van der Waals surface area contributed by atoms with Gasteiger partial charge in [0.15, 0.2) is 0 Å². The average Bonchev–Trinajstić information content (AvgIpc) is 2.15. The van der Waals surface area contributed by atoms with Crippen molar-refractivity contribution < 1.29 is 9.90 Å². The molecule has 0 bridgehead atoms. The Morgan fingerprint density at radius 3 is 1.82 bits per heavy atom. The Balaban J connectivity index is 3.44. The summed E-state index contributed by atoms with van der Waals surface area (Å²) in [4.78, 5) is 10.5. The molecule has 0 saturated carbocycles. The quantitative estimate of drug-likeness (QED) is 0.601. The first-order valence-electron chi connectivity index (χ1n) is 7.13. The molecule has 0 rings (SSSR count). The van der Waals surface area contributed by atoms with Crippen LogP contribution >= 0.6 is 0 Å². The zero-order chi connectivity index (χ0) is 13.3. The molecule has 1 N–H and O–H groups in total. The van der Waals surface area contributed by atoms with Crippen molar-refractivity contribution in [3.05, 3.63) is 0 Å². The van der Waals surface area contributed by atoms with Crippen molar-refractivity contribution in [2.45, 2.75) is 72.6 Å². The predicted octanol–water partition coefficient (Wildman–Crippen LogP) is 4.73. The maximum Gasteiger partial charge on any atom is 0.303 e. The summed E-state index contributed by atoms with van der Waals surface area (Å²) in [5.74, 6) is 1.28. The molecular weight excluding hydrogens is 212 g/mol. The monoisotopic (exact) mass is 242 g/mol. The maximum atomic E-state index is 10.5. The number of carboxylic acid groups (broad SMARTS) is 1. The average molecular weight is 242 g/mol. The van der Waals surface area contributed by atoms with Gasteiger partial charge >= 0.3 is 5.97 Å². The van der Waals surface area contributed by atoms with Gasteiger partial charge in [0.2, 0.25) is 0 Å². The van der Waals surface area contributed by atoms with E-state index in [1.54, 1.807) is 0 Å². The fourth-order valence-electron chi connectivity index (χ4n) is 2.23. The highest BCUT2D eigenvalue weighted by atomic mass is 16.4. The Bertz CT molecular complexity index is 199. The van der Waals surface area contributed by atoms with Crippen LogP contribution in [0.3, 0.4) is 0 Å². The molecule has 0 unspecified atom stereocenters. The van der Waals surface area contributed by atoms with Crippen LogP contribution in [0.5, 0.6) is 0 Å². The van der Waals surface area contributed by atoms with Gasteiger partial charge in [-0.15, -0.1) is 0 Å². The van der Waals surface area contributed by atoms with Gasteiger partial charge in [0.05, 0.1) is 0 Å². The van der Waals surface area contributed by atoms with E-state index in [-0.39, 0.29) is 0 Å². The van der Waals surface area contributed by atoms with Crippen molar-refractivity contribution in [3.63, 3.8) is 0 Å². The summed E-state index contributed by atoms with van der Waals surface area (Å²) in [6.45, 7) is 8.91. The summed E-state index contributed by atoms with van der Waals surface area (Å²) < 4.78 is 0. The topological polar surface area (TPSA) is 37.3 Å². The first kappa shape index (κ1) is 16.5. The molecule has 0 aliphatic heterocycles. The van der Waals surface area contributed by atoms with Crippen molar-refractivity contribution in [1.82, 2.24) is 0 Å². The zero-order valence-corrected chi connectivity index (χ0v) is 12.0.